The minimum atomic E-state index is -0.314. The van der Waals surface area contributed by atoms with Crippen LogP contribution in [-0.4, -0.2) is 24.9 Å². The van der Waals surface area contributed by atoms with Crippen LogP contribution in [0.3, 0.4) is 0 Å². The molecule has 1 fully saturated rings. The molecule has 0 aromatic rings. The van der Waals surface area contributed by atoms with Crippen LogP contribution in [-0.2, 0) is 9.47 Å². The van der Waals surface area contributed by atoms with Gasteiger partial charge in [-0.1, -0.05) is 12.7 Å². The van der Waals surface area contributed by atoms with Crippen molar-refractivity contribution in [2.75, 3.05) is 13.2 Å². The lowest BCUT2D eigenvalue weighted by Crippen LogP contribution is -2.23. The fraction of sp³-hybridized carbons (Fsp3) is 0.750. The van der Waals surface area contributed by atoms with Crippen LogP contribution in [0.1, 0.15) is 13.8 Å². The summed E-state index contributed by atoms with van der Waals surface area (Å²) in [5.74, 6) is 0. The van der Waals surface area contributed by atoms with Gasteiger partial charge < -0.3 is 9.47 Å². The van der Waals surface area contributed by atoms with Crippen LogP contribution in [0.5, 0.6) is 0 Å². The first-order chi connectivity index (χ1) is 4.64. The summed E-state index contributed by atoms with van der Waals surface area (Å²) in [5.41, 5.74) is -0.314. The molecule has 1 radical (unpaired) electrons. The standard InChI is InChI=1S/C8H13O2/c1-4-8(2,3)10-6-7-5-9-7/h1,4,7H,5-6H2,2-3H3. The van der Waals surface area contributed by atoms with E-state index in [4.69, 9.17) is 16.1 Å². The van der Waals surface area contributed by atoms with Crippen molar-refractivity contribution in [2.24, 2.45) is 0 Å². The summed E-state index contributed by atoms with van der Waals surface area (Å²) in [6, 6.07) is 0. The first kappa shape index (κ1) is 7.76. The predicted octanol–water partition coefficient (Wildman–Crippen LogP) is 1.17. The Balaban J connectivity index is 2.14. The number of ether oxygens (including phenoxy) is 2. The predicted molar refractivity (Wildman–Crippen MR) is 38.6 cm³/mol. The van der Waals surface area contributed by atoms with Gasteiger partial charge in [0.25, 0.3) is 0 Å². The number of epoxide rings is 1. The largest absolute Gasteiger partial charge is 0.371 e. The van der Waals surface area contributed by atoms with Crippen LogP contribution in [0, 0.1) is 6.58 Å². The average molecular weight is 141 g/mol. The average Bonchev–Trinajstić information content (AvgIpc) is 2.66. The topological polar surface area (TPSA) is 21.8 Å². The molecule has 0 aliphatic carbocycles. The molecule has 2 heteroatoms. The molecule has 0 spiro atoms. The Kier molecular flexibility index (Phi) is 2.11. The third kappa shape index (κ3) is 2.50. The Morgan fingerprint density at radius 3 is 2.80 bits per heavy atom. The molecule has 57 valence electrons. The summed E-state index contributed by atoms with van der Waals surface area (Å²) in [5, 5.41) is 0. The maximum atomic E-state index is 5.40. The molecule has 0 amide bonds. The van der Waals surface area contributed by atoms with Crippen molar-refractivity contribution in [3.63, 3.8) is 0 Å². The van der Waals surface area contributed by atoms with Gasteiger partial charge in [-0.3, -0.25) is 0 Å². The molecule has 1 aliphatic rings. The fourth-order valence-electron chi connectivity index (χ4n) is 0.520. The first-order valence-electron chi connectivity index (χ1n) is 3.46. The minimum absolute atomic E-state index is 0.314. The van der Waals surface area contributed by atoms with Crippen LogP contribution >= 0.6 is 0 Å². The highest BCUT2D eigenvalue weighted by Gasteiger charge is 2.25. The van der Waals surface area contributed by atoms with E-state index in [9.17, 15) is 0 Å². The van der Waals surface area contributed by atoms with E-state index in [2.05, 4.69) is 0 Å². The van der Waals surface area contributed by atoms with Crippen LogP contribution in [0.25, 0.3) is 0 Å². The Labute approximate surface area is 61.8 Å². The first-order valence-corrected chi connectivity index (χ1v) is 3.46. The van der Waals surface area contributed by atoms with E-state index in [1.165, 1.54) is 0 Å². The van der Waals surface area contributed by atoms with Crippen LogP contribution in [0.4, 0.5) is 0 Å². The van der Waals surface area contributed by atoms with Gasteiger partial charge in [-0.2, -0.15) is 0 Å². The van der Waals surface area contributed by atoms with Crippen LogP contribution < -0.4 is 0 Å². The monoisotopic (exact) mass is 141 g/mol. The second kappa shape index (κ2) is 2.72. The normalized spacial score (nSPS) is 24.4. The lowest BCUT2D eigenvalue weighted by Gasteiger charge is -2.19. The molecule has 0 aromatic carbocycles. The van der Waals surface area contributed by atoms with Gasteiger partial charge in [0.2, 0.25) is 0 Å². The summed E-state index contributed by atoms with van der Waals surface area (Å²) in [6.45, 7) is 10.7. The van der Waals surface area contributed by atoms with Crippen molar-refractivity contribution < 1.29 is 9.47 Å². The highest BCUT2D eigenvalue weighted by atomic mass is 16.6. The van der Waals surface area contributed by atoms with Gasteiger partial charge in [0, 0.05) is 0 Å². The summed E-state index contributed by atoms with van der Waals surface area (Å²) >= 11 is 0. The van der Waals surface area contributed by atoms with Crippen molar-refractivity contribution in [2.45, 2.75) is 25.6 Å². The van der Waals surface area contributed by atoms with E-state index in [1.807, 2.05) is 13.8 Å². The number of hydrogen-bond donors (Lipinski definition) is 0. The van der Waals surface area contributed by atoms with Crippen molar-refractivity contribution in [3.8, 4) is 0 Å². The van der Waals surface area contributed by atoms with E-state index in [-0.39, 0.29) is 5.60 Å². The van der Waals surface area contributed by atoms with Gasteiger partial charge in [-0.25, -0.2) is 0 Å². The number of rotatable bonds is 4. The second-order valence-electron chi connectivity index (χ2n) is 3.04. The fourth-order valence-corrected chi connectivity index (χ4v) is 0.520. The van der Waals surface area contributed by atoms with Crippen molar-refractivity contribution in [1.82, 2.24) is 0 Å². The molecule has 0 bridgehead atoms. The Morgan fingerprint density at radius 2 is 2.40 bits per heavy atom. The maximum Gasteiger partial charge on any atom is 0.104 e. The molecule has 0 saturated carbocycles. The molecule has 1 rings (SSSR count). The molecule has 2 nitrogen and oxygen atoms in total. The Hall–Kier alpha value is -0.340. The molecule has 1 aliphatic heterocycles. The third-order valence-electron chi connectivity index (χ3n) is 1.44. The van der Waals surface area contributed by atoms with Gasteiger partial charge in [0.05, 0.1) is 18.8 Å². The zero-order valence-electron chi connectivity index (χ0n) is 6.46. The molecule has 10 heavy (non-hydrogen) atoms. The van der Waals surface area contributed by atoms with E-state index in [0.717, 1.165) is 6.61 Å². The highest BCUT2D eigenvalue weighted by molar-refractivity contribution is 4.88. The third-order valence-corrected chi connectivity index (χ3v) is 1.44. The van der Waals surface area contributed by atoms with E-state index in [1.54, 1.807) is 6.08 Å². The Bertz CT molecular complexity index is 125. The van der Waals surface area contributed by atoms with E-state index >= 15 is 0 Å². The van der Waals surface area contributed by atoms with Crippen molar-refractivity contribution in [1.29, 1.82) is 0 Å². The summed E-state index contributed by atoms with van der Waals surface area (Å²) in [7, 11) is 0. The molecule has 1 unspecified atom stereocenters. The van der Waals surface area contributed by atoms with E-state index in [0.29, 0.717) is 12.7 Å². The molecule has 1 heterocycles. The lowest BCUT2D eigenvalue weighted by atomic mass is 10.1. The zero-order chi connectivity index (χ0) is 7.61. The Morgan fingerprint density at radius 1 is 1.80 bits per heavy atom. The van der Waals surface area contributed by atoms with Gasteiger partial charge in [0.15, 0.2) is 0 Å². The quantitative estimate of drug-likeness (QED) is 0.548. The van der Waals surface area contributed by atoms with E-state index < -0.39 is 0 Å². The smallest absolute Gasteiger partial charge is 0.104 e. The van der Waals surface area contributed by atoms with Gasteiger partial charge in [-0.15, -0.1) is 0 Å². The maximum absolute atomic E-state index is 5.40. The van der Waals surface area contributed by atoms with Gasteiger partial charge in [0.1, 0.15) is 6.10 Å². The summed E-state index contributed by atoms with van der Waals surface area (Å²) < 4.78 is 10.4. The second-order valence-corrected chi connectivity index (χ2v) is 3.04. The van der Waals surface area contributed by atoms with Crippen molar-refractivity contribution >= 4 is 0 Å². The van der Waals surface area contributed by atoms with Gasteiger partial charge in [-0.05, 0) is 13.8 Å². The number of hydrogen-bond acceptors (Lipinski definition) is 2. The van der Waals surface area contributed by atoms with Crippen LogP contribution in [0.2, 0.25) is 0 Å². The summed E-state index contributed by atoms with van der Waals surface area (Å²) in [4.78, 5) is 0. The summed E-state index contributed by atoms with van der Waals surface area (Å²) in [6.07, 6.45) is 1.87. The zero-order valence-corrected chi connectivity index (χ0v) is 6.46. The lowest BCUT2D eigenvalue weighted by molar-refractivity contribution is 0.0109. The molecular formula is C8H13O2. The highest BCUT2D eigenvalue weighted by Crippen LogP contribution is 2.15. The molecule has 0 aromatic heterocycles. The van der Waals surface area contributed by atoms with Crippen LogP contribution in [0.15, 0.2) is 6.08 Å². The molecule has 1 atom stereocenters. The molecule has 1 saturated heterocycles. The molecular weight excluding hydrogens is 128 g/mol. The minimum Gasteiger partial charge on any atom is -0.371 e. The molecule has 0 N–H and O–H groups in total. The van der Waals surface area contributed by atoms with Crippen molar-refractivity contribution in [3.05, 3.63) is 12.7 Å². The SMILES string of the molecule is [CH]=CC(C)(C)OCC1CO1. The van der Waals surface area contributed by atoms with Gasteiger partial charge >= 0.3 is 0 Å².